The molecule has 0 spiro atoms. The SMILES string of the molecule is Cc1ccc(NC(=O)[C@@H]2CCCN2c2ncnc3ccccc23)c(Br)c1. The maximum Gasteiger partial charge on any atom is 0.247 e. The summed E-state index contributed by atoms with van der Waals surface area (Å²) in [6, 6.07) is 13.6. The molecule has 132 valence electrons. The van der Waals surface area contributed by atoms with E-state index in [1.807, 2.05) is 49.4 Å². The molecular weight excluding hydrogens is 392 g/mol. The molecule has 5 nitrogen and oxygen atoms in total. The van der Waals surface area contributed by atoms with Gasteiger partial charge in [0.05, 0.1) is 11.2 Å². The quantitative estimate of drug-likeness (QED) is 0.698. The van der Waals surface area contributed by atoms with Gasteiger partial charge in [0.1, 0.15) is 18.2 Å². The van der Waals surface area contributed by atoms with Gasteiger partial charge in [-0.05, 0) is 65.5 Å². The number of anilines is 2. The largest absolute Gasteiger partial charge is 0.344 e. The molecule has 1 N–H and O–H groups in total. The predicted molar refractivity (Wildman–Crippen MR) is 107 cm³/mol. The van der Waals surface area contributed by atoms with Gasteiger partial charge in [0.2, 0.25) is 5.91 Å². The lowest BCUT2D eigenvalue weighted by atomic mass is 10.1. The number of para-hydroxylation sites is 1. The van der Waals surface area contributed by atoms with E-state index < -0.39 is 0 Å². The number of aromatic nitrogens is 2. The Bertz CT molecular complexity index is 970. The highest BCUT2D eigenvalue weighted by Crippen LogP contribution is 2.31. The van der Waals surface area contributed by atoms with Crippen molar-refractivity contribution in [2.45, 2.75) is 25.8 Å². The molecule has 1 atom stereocenters. The van der Waals surface area contributed by atoms with Crippen LogP contribution in [0.2, 0.25) is 0 Å². The third kappa shape index (κ3) is 3.17. The number of amides is 1. The summed E-state index contributed by atoms with van der Waals surface area (Å²) in [5.74, 6) is 0.825. The van der Waals surface area contributed by atoms with Gasteiger partial charge in [-0.3, -0.25) is 4.79 Å². The number of nitrogens with zero attached hydrogens (tertiary/aromatic N) is 3. The Morgan fingerprint density at radius 2 is 2.08 bits per heavy atom. The van der Waals surface area contributed by atoms with E-state index in [9.17, 15) is 4.79 Å². The zero-order valence-electron chi connectivity index (χ0n) is 14.4. The Kier molecular flexibility index (Phi) is 4.59. The van der Waals surface area contributed by atoms with Crippen LogP contribution in [0.3, 0.4) is 0 Å². The molecule has 1 aromatic heterocycles. The third-order valence-electron chi connectivity index (χ3n) is 4.73. The van der Waals surface area contributed by atoms with Crippen molar-refractivity contribution in [3.63, 3.8) is 0 Å². The van der Waals surface area contributed by atoms with Crippen LogP contribution in [0.25, 0.3) is 10.9 Å². The summed E-state index contributed by atoms with van der Waals surface area (Å²) < 4.78 is 0.892. The first-order valence-electron chi connectivity index (χ1n) is 8.67. The van der Waals surface area contributed by atoms with E-state index in [-0.39, 0.29) is 11.9 Å². The van der Waals surface area contributed by atoms with Gasteiger partial charge in [-0.15, -0.1) is 0 Å². The molecule has 1 saturated heterocycles. The summed E-state index contributed by atoms with van der Waals surface area (Å²) in [5, 5.41) is 4.03. The van der Waals surface area contributed by atoms with Crippen molar-refractivity contribution in [2.75, 3.05) is 16.8 Å². The number of hydrogen-bond acceptors (Lipinski definition) is 4. The topological polar surface area (TPSA) is 58.1 Å². The van der Waals surface area contributed by atoms with Gasteiger partial charge in [0.15, 0.2) is 0 Å². The highest BCUT2D eigenvalue weighted by molar-refractivity contribution is 9.10. The van der Waals surface area contributed by atoms with Crippen molar-refractivity contribution in [2.24, 2.45) is 0 Å². The standard InChI is InChI=1S/C20H19BrN4O/c1-13-8-9-17(15(21)11-13)24-20(26)18-7-4-10-25(18)19-14-5-2-3-6-16(14)22-12-23-19/h2-3,5-6,8-9,11-12,18H,4,7,10H2,1H3,(H,24,26)/t18-/m0/s1. The zero-order valence-corrected chi connectivity index (χ0v) is 16.0. The number of hydrogen-bond donors (Lipinski definition) is 1. The van der Waals surface area contributed by atoms with Crippen LogP contribution in [0.1, 0.15) is 18.4 Å². The monoisotopic (exact) mass is 410 g/mol. The molecule has 26 heavy (non-hydrogen) atoms. The number of aryl methyl sites for hydroxylation is 1. The van der Waals surface area contributed by atoms with Crippen LogP contribution in [-0.4, -0.2) is 28.5 Å². The second-order valence-corrected chi connectivity index (χ2v) is 7.39. The molecule has 0 bridgehead atoms. The minimum Gasteiger partial charge on any atom is -0.344 e. The average Bonchev–Trinajstić information content (AvgIpc) is 3.13. The Hall–Kier alpha value is -2.47. The Labute approximate surface area is 160 Å². The van der Waals surface area contributed by atoms with Crippen LogP contribution in [0.4, 0.5) is 11.5 Å². The van der Waals surface area contributed by atoms with Crippen LogP contribution >= 0.6 is 15.9 Å². The predicted octanol–water partition coefficient (Wildman–Crippen LogP) is 4.31. The van der Waals surface area contributed by atoms with Gasteiger partial charge in [-0.1, -0.05) is 18.2 Å². The molecule has 1 amide bonds. The minimum atomic E-state index is -0.235. The van der Waals surface area contributed by atoms with E-state index in [4.69, 9.17) is 0 Å². The van der Waals surface area contributed by atoms with Crippen LogP contribution in [-0.2, 0) is 4.79 Å². The summed E-state index contributed by atoms with van der Waals surface area (Å²) in [5.41, 5.74) is 2.83. The van der Waals surface area contributed by atoms with Gasteiger partial charge in [0, 0.05) is 16.4 Å². The van der Waals surface area contributed by atoms with Gasteiger partial charge >= 0.3 is 0 Å². The Morgan fingerprint density at radius 1 is 1.23 bits per heavy atom. The molecule has 4 rings (SSSR count). The number of rotatable bonds is 3. The number of carbonyl (C=O) groups excluding carboxylic acids is 1. The minimum absolute atomic E-state index is 0.00486. The van der Waals surface area contributed by atoms with E-state index in [1.165, 1.54) is 0 Å². The first-order chi connectivity index (χ1) is 12.6. The molecule has 0 radical (unpaired) electrons. The number of halogens is 1. The number of fused-ring (bicyclic) bond motifs is 1. The molecule has 0 aliphatic carbocycles. The van der Waals surface area contributed by atoms with Crippen molar-refractivity contribution in [1.29, 1.82) is 0 Å². The second kappa shape index (κ2) is 7.03. The molecule has 0 saturated carbocycles. The molecule has 1 fully saturated rings. The first-order valence-corrected chi connectivity index (χ1v) is 9.46. The summed E-state index contributed by atoms with van der Waals surface area (Å²) in [6.45, 7) is 2.84. The molecule has 0 unspecified atom stereocenters. The lowest BCUT2D eigenvalue weighted by Gasteiger charge is -2.26. The van der Waals surface area contributed by atoms with E-state index in [2.05, 4.69) is 36.1 Å². The van der Waals surface area contributed by atoms with Gasteiger partial charge < -0.3 is 10.2 Å². The smallest absolute Gasteiger partial charge is 0.247 e. The number of nitrogens with one attached hydrogen (secondary N) is 1. The van der Waals surface area contributed by atoms with Crippen LogP contribution in [0.5, 0.6) is 0 Å². The maximum absolute atomic E-state index is 13.0. The molecule has 3 aromatic rings. The Morgan fingerprint density at radius 3 is 2.92 bits per heavy atom. The zero-order chi connectivity index (χ0) is 18.1. The van der Waals surface area contributed by atoms with Crippen molar-refractivity contribution in [1.82, 2.24) is 9.97 Å². The van der Waals surface area contributed by atoms with Gasteiger partial charge in [-0.2, -0.15) is 0 Å². The third-order valence-corrected chi connectivity index (χ3v) is 5.39. The summed E-state index contributed by atoms with van der Waals surface area (Å²) in [7, 11) is 0. The van der Waals surface area contributed by atoms with Crippen LogP contribution in [0, 0.1) is 6.92 Å². The van der Waals surface area contributed by atoms with E-state index in [0.29, 0.717) is 0 Å². The lowest BCUT2D eigenvalue weighted by Crippen LogP contribution is -2.40. The van der Waals surface area contributed by atoms with Gasteiger partial charge in [0.25, 0.3) is 0 Å². The van der Waals surface area contributed by atoms with E-state index >= 15 is 0 Å². The van der Waals surface area contributed by atoms with Crippen molar-refractivity contribution >= 4 is 44.2 Å². The number of benzene rings is 2. The average molecular weight is 411 g/mol. The van der Waals surface area contributed by atoms with Gasteiger partial charge in [-0.25, -0.2) is 9.97 Å². The normalized spacial score (nSPS) is 16.8. The van der Waals surface area contributed by atoms with Crippen molar-refractivity contribution < 1.29 is 4.79 Å². The van der Waals surface area contributed by atoms with E-state index in [1.54, 1.807) is 6.33 Å². The molecule has 6 heteroatoms. The van der Waals surface area contributed by atoms with Crippen LogP contribution in [0.15, 0.2) is 53.3 Å². The lowest BCUT2D eigenvalue weighted by molar-refractivity contribution is -0.117. The summed E-state index contributed by atoms with van der Waals surface area (Å²) in [6.07, 6.45) is 3.35. The molecule has 1 aliphatic rings. The fourth-order valence-electron chi connectivity index (χ4n) is 3.45. The second-order valence-electron chi connectivity index (χ2n) is 6.54. The highest BCUT2D eigenvalue weighted by Gasteiger charge is 2.32. The van der Waals surface area contributed by atoms with Crippen molar-refractivity contribution in [3.8, 4) is 0 Å². The molecule has 2 heterocycles. The number of carbonyl (C=O) groups is 1. The molecular formula is C20H19BrN4O. The fourth-order valence-corrected chi connectivity index (χ4v) is 4.04. The van der Waals surface area contributed by atoms with Crippen LogP contribution < -0.4 is 10.2 Å². The molecule has 2 aromatic carbocycles. The summed E-state index contributed by atoms with van der Waals surface area (Å²) in [4.78, 5) is 23.9. The van der Waals surface area contributed by atoms with E-state index in [0.717, 1.165) is 51.8 Å². The highest BCUT2D eigenvalue weighted by atomic mass is 79.9. The first kappa shape index (κ1) is 17.0. The maximum atomic E-state index is 13.0. The van der Waals surface area contributed by atoms with Crippen molar-refractivity contribution in [3.05, 3.63) is 58.8 Å². The fraction of sp³-hybridized carbons (Fsp3) is 0.250. The summed E-state index contributed by atoms with van der Waals surface area (Å²) >= 11 is 3.53. The molecule has 1 aliphatic heterocycles. The Balaban J connectivity index is 1.62.